The molecule has 2 aromatic carbocycles. The van der Waals surface area contributed by atoms with Crippen LogP contribution in [0.3, 0.4) is 0 Å². The number of anilines is 1. The number of halogens is 6. The lowest BCUT2D eigenvalue weighted by atomic mass is 10.1. The van der Waals surface area contributed by atoms with E-state index in [0.29, 0.717) is 22.9 Å². The molecule has 0 saturated carbocycles. The van der Waals surface area contributed by atoms with E-state index < -0.39 is 35.1 Å². The molecule has 31 heavy (non-hydrogen) atoms. The summed E-state index contributed by atoms with van der Waals surface area (Å²) in [6.07, 6.45) is -9.99. The molecule has 11 heteroatoms. The van der Waals surface area contributed by atoms with E-state index in [9.17, 15) is 31.1 Å². The lowest BCUT2D eigenvalue weighted by Crippen LogP contribution is -2.17. The van der Waals surface area contributed by atoms with Crippen molar-refractivity contribution in [2.45, 2.75) is 17.4 Å². The third-order valence-electron chi connectivity index (χ3n) is 3.93. The van der Waals surface area contributed by atoms with Gasteiger partial charge in [-0.25, -0.2) is 0 Å². The van der Waals surface area contributed by atoms with Crippen LogP contribution in [0.15, 0.2) is 65.7 Å². The Kier molecular flexibility index (Phi) is 6.54. The van der Waals surface area contributed by atoms with Gasteiger partial charge < -0.3 is 5.32 Å². The van der Waals surface area contributed by atoms with Crippen LogP contribution in [0.5, 0.6) is 0 Å². The molecule has 0 spiro atoms. The summed E-state index contributed by atoms with van der Waals surface area (Å²) in [6.45, 7) is 0. The van der Waals surface area contributed by atoms with Gasteiger partial charge in [-0.2, -0.15) is 26.3 Å². The molecule has 1 aromatic heterocycles. The molecule has 3 rings (SSSR count). The predicted molar refractivity (Wildman–Crippen MR) is 103 cm³/mol. The van der Waals surface area contributed by atoms with Gasteiger partial charge in [-0.3, -0.25) is 4.79 Å². The van der Waals surface area contributed by atoms with E-state index in [0.717, 1.165) is 17.3 Å². The zero-order chi connectivity index (χ0) is 22.6. The number of hydrogen-bond donors (Lipinski definition) is 1. The molecule has 0 bridgehead atoms. The van der Waals surface area contributed by atoms with Crippen molar-refractivity contribution in [1.29, 1.82) is 0 Å². The summed E-state index contributed by atoms with van der Waals surface area (Å²) in [5.41, 5.74) is -2.16. The fraction of sp³-hybridized carbons (Fsp3) is 0.150. The Morgan fingerprint density at radius 1 is 0.839 bits per heavy atom. The number of rotatable bonds is 5. The molecule has 0 unspecified atom stereocenters. The van der Waals surface area contributed by atoms with Crippen molar-refractivity contribution < 1.29 is 31.1 Å². The summed E-state index contributed by atoms with van der Waals surface area (Å²) in [4.78, 5) is 12.1. The van der Waals surface area contributed by atoms with Crippen molar-refractivity contribution in [3.8, 4) is 11.3 Å². The fourth-order valence-electron chi connectivity index (χ4n) is 2.52. The van der Waals surface area contributed by atoms with Crippen LogP contribution >= 0.6 is 11.8 Å². The number of benzene rings is 2. The summed E-state index contributed by atoms with van der Waals surface area (Å²) < 4.78 is 77.4. The minimum atomic E-state index is -4.99. The molecule has 1 amide bonds. The maximum atomic E-state index is 12.9. The first-order valence-electron chi connectivity index (χ1n) is 8.64. The molecule has 0 aliphatic carbocycles. The SMILES string of the molecule is O=C(CSc1ccc(-c2ccccc2)nn1)Nc1cc(C(F)(F)F)cc(C(F)(F)F)c1. The molecule has 1 N–H and O–H groups in total. The standard InChI is InChI=1S/C20H13F6N3OS/c21-19(22,23)13-8-14(20(24,25)26)10-15(9-13)27-17(30)11-31-18-7-6-16(28-29-18)12-4-2-1-3-5-12/h1-10H,11H2,(H,27,30). The number of carbonyl (C=O) groups excluding carboxylic acids is 1. The highest BCUT2D eigenvalue weighted by Gasteiger charge is 2.37. The first-order chi connectivity index (χ1) is 14.5. The Morgan fingerprint density at radius 3 is 1.97 bits per heavy atom. The van der Waals surface area contributed by atoms with E-state index in [2.05, 4.69) is 15.5 Å². The van der Waals surface area contributed by atoms with Crippen LogP contribution in [0.25, 0.3) is 11.3 Å². The van der Waals surface area contributed by atoms with Crippen LogP contribution in [-0.2, 0) is 17.1 Å². The maximum absolute atomic E-state index is 12.9. The lowest BCUT2D eigenvalue weighted by Gasteiger charge is -2.14. The normalized spacial score (nSPS) is 11.9. The van der Waals surface area contributed by atoms with Crippen LogP contribution in [-0.4, -0.2) is 21.9 Å². The van der Waals surface area contributed by atoms with Gasteiger partial charge in [0.1, 0.15) is 5.03 Å². The zero-order valence-electron chi connectivity index (χ0n) is 15.5. The van der Waals surface area contributed by atoms with Crippen molar-refractivity contribution >= 4 is 23.4 Å². The highest BCUT2D eigenvalue weighted by molar-refractivity contribution is 7.99. The molecule has 3 aromatic rings. The van der Waals surface area contributed by atoms with Crippen LogP contribution in [0.1, 0.15) is 11.1 Å². The van der Waals surface area contributed by atoms with Crippen LogP contribution in [0.2, 0.25) is 0 Å². The largest absolute Gasteiger partial charge is 0.416 e. The minimum Gasteiger partial charge on any atom is -0.325 e. The highest BCUT2D eigenvalue weighted by Crippen LogP contribution is 2.37. The summed E-state index contributed by atoms with van der Waals surface area (Å²) in [5.74, 6) is -1.07. The second kappa shape index (κ2) is 8.96. The fourth-order valence-corrected chi connectivity index (χ4v) is 3.14. The summed E-state index contributed by atoms with van der Waals surface area (Å²) >= 11 is 0.941. The Bertz CT molecular complexity index is 1020. The molecule has 4 nitrogen and oxygen atoms in total. The maximum Gasteiger partial charge on any atom is 0.416 e. The Balaban J connectivity index is 1.67. The van der Waals surface area contributed by atoms with Gasteiger partial charge in [0.15, 0.2) is 0 Å². The number of carbonyl (C=O) groups is 1. The average Bonchev–Trinajstić information content (AvgIpc) is 2.72. The average molecular weight is 457 g/mol. The van der Waals surface area contributed by atoms with Gasteiger partial charge in [-0.15, -0.1) is 10.2 Å². The molecule has 0 atom stereocenters. The Hall–Kier alpha value is -3.08. The van der Waals surface area contributed by atoms with Crippen molar-refractivity contribution in [3.63, 3.8) is 0 Å². The van der Waals surface area contributed by atoms with Gasteiger partial charge in [-0.05, 0) is 30.3 Å². The first-order valence-corrected chi connectivity index (χ1v) is 9.62. The second-order valence-corrected chi connectivity index (χ2v) is 7.25. The number of nitrogens with zero attached hydrogens (tertiary/aromatic N) is 2. The number of thioether (sulfide) groups is 1. The molecule has 0 radical (unpaired) electrons. The van der Waals surface area contributed by atoms with E-state index in [-0.39, 0.29) is 11.8 Å². The van der Waals surface area contributed by atoms with Gasteiger partial charge in [0, 0.05) is 11.3 Å². The van der Waals surface area contributed by atoms with E-state index in [1.807, 2.05) is 30.3 Å². The Labute approximate surface area is 176 Å². The molecule has 162 valence electrons. The van der Waals surface area contributed by atoms with Gasteiger partial charge in [0.05, 0.1) is 22.6 Å². The van der Waals surface area contributed by atoms with Crippen molar-refractivity contribution in [1.82, 2.24) is 10.2 Å². The van der Waals surface area contributed by atoms with E-state index in [4.69, 9.17) is 0 Å². The topological polar surface area (TPSA) is 54.9 Å². The van der Waals surface area contributed by atoms with Gasteiger partial charge in [0.2, 0.25) is 5.91 Å². The number of aromatic nitrogens is 2. The number of nitrogens with one attached hydrogen (secondary N) is 1. The van der Waals surface area contributed by atoms with Gasteiger partial charge in [0.25, 0.3) is 0 Å². The number of hydrogen-bond acceptors (Lipinski definition) is 4. The van der Waals surface area contributed by atoms with Crippen LogP contribution in [0.4, 0.5) is 32.0 Å². The molecule has 0 aliphatic heterocycles. The van der Waals surface area contributed by atoms with Crippen LogP contribution in [0, 0.1) is 0 Å². The lowest BCUT2D eigenvalue weighted by molar-refractivity contribution is -0.143. The third kappa shape index (κ3) is 6.20. The van der Waals surface area contributed by atoms with Crippen molar-refractivity contribution in [2.24, 2.45) is 0 Å². The second-order valence-electron chi connectivity index (χ2n) is 6.25. The molecule has 0 fully saturated rings. The third-order valence-corrected chi connectivity index (χ3v) is 4.85. The quantitative estimate of drug-likeness (QED) is 0.382. The monoisotopic (exact) mass is 457 g/mol. The van der Waals surface area contributed by atoms with Gasteiger partial charge in [-0.1, -0.05) is 42.1 Å². The van der Waals surface area contributed by atoms with E-state index in [1.54, 1.807) is 12.1 Å². The molecule has 0 aliphatic rings. The number of amides is 1. The zero-order valence-corrected chi connectivity index (χ0v) is 16.3. The summed E-state index contributed by atoms with van der Waals surface area (Å²) in [5, 5.41) is 10.4. The van der Waals surface area contributed by atoms with Crippen molar-refractivity contribution in [2.75, 3.05) is 11.1 Å². The molecular weight excluding hydrogens is 444 g/mol. The first kappa shape index (κ1) is 22.6. The van der Waals surface area contributed by atoms with E-state index >= 15 is 0 Å². The van der Waals surface area contributed by atoms with Crippen molar-refractivity contribution in [3.05, 3.63) is 71.8 Å². The Morgan fingerprint density at radius 2 is 1.45 bits per heavy atom. The van der Waals surface area contributed by atoms with E-state index in [1.165, 1.54) is 0 Å². The summed E-state index contributed by atoms with van der Waals surface area (Å²) in [6, 6.07) is 13.4. The molecule has 1 heterocycles. The van der Waals surface area contributed by atoms with Gasteiger partial charge >= 0.3 is 12.4 Å². The molecule has 0 saturated heterocycles. The summed E-state index contributed by atoms with van der Waals surface area (Å²) in [7, 11) is 0. The van der Waals surface area contributed by atoms with Crippen LogP contribution < -0.4 is 5.32 Å². The number of alkyl halides is 6. The smallest absolute Gasteiger partial charge is 0.325 e. The predicted octanol–water partition coefficient (Wildman–Crippen LogP) is 5.91. The highest BCUT2D eigenvalue weighted by atomic mass is 32.2. The minimum absolute atomic E-state index is 0.00567. The molecular formula is C20H13F6N3OS.